The molecule has 2 aromatic heterocycles. The first kappa shape index (κ1) is 12.6. The van der Waals surface area contributed by atoms with Crippen molar-refractivity contribution >= 4 is 40.2 Å². The van der Waals surface area contributed by atoms with Gasteiger partial charge in [-0.2, -0.15) is 0 Å². The average Bonchev–Trinajstić information content (AvgIpc) is 2.62. The van der Waals surface area contributed by atoms with E-state index in [-0.39, 0.29) is 0 Å². The van der Waals surface area contributed by atoms with Crippen molar-refractivity contribution in [2.24, 2.45) is 0 Å². The van der Waals surface area contributed by atoms with Gasteiger partial charge in [0.1, 0.15) is 10.2 Å². The van der Waals surface area contributed by atoms with Crippen molar-refractivity contribution in [1.82, 2.24) is 9.97 Å². The second-order valence-electron chi connectivity index (χ2n) is 3.66. The molecule has 0 aliphatic carbocycles. The van der Waals surface area contributed by atoms with Crippen molar-refractivity contribution in [2.75, 3.05) is 5.32 Å². The lowest BCUT2D eigenvalue weighted by molar-refractivity contribution is 1.07. The van der Waals surface area contributed by atoms with Gasteiger partial charge in [-0.25, -0.2) is 9.97 Å². The molecule has 0 spiro atoms. The summed E-state index contributed by atoms with van der Waals surface area (Å²) < 4.78 is 0. The quantitative estimate of drug-likeness (QED) is 0.865. The molecule has 2 aromatic rings. The summed E-state index contributed by atoms with van der Waals surface area (Å²) in [6.45, 7) is 4.55. The molecule has 90 valence electrons. The maximum atomic E-state index is 6.03. The van der Waals surface area contributed by atoms with E-state index < -0.39 is 0 Å². The Morgan fingerprint density at radius 2 is 2.06 bits per heavy atom. The van der Waals surface area contributed by atoms with Gasteiger partial charge in [0.2, 0.25) is 0 Å². The van der Waals surface area contributed by atoms with Crippen LogP contribution in [0.5, 0.6) is 0 Å². The first-order valence-electron chi connectivity index (χ1n) is 5.04. The molecule has 0 aromatic carbocycles. The predicted molar refractivity (Wildman–Crippen MR) is 73.2 cm³/mol. The van der Waals surface area contributed by atoms with Crippen LogP contribution in [-0.4, -0.2) is 9.97 Å². The fraction of sp³-hybridized carbons (Fsp3) is 0.273. The van der Waals surface area contributed by atoms with E-state index >= 15 is 0 Å². The van der Waals surface area contributed by atoms with Crippen LogP contribution in [0, 0.1) is 13.8 Å². The molecule has 0 saturated heterocycles. The maximum Gasteiger partial charge on any atom is 0.154 e. The Kier molecular flexibility index (Phi) is 3.86. The van der Waals surface area contributed by atoms with Crippen molar-refractivity contribution in [3.8, 4) is 0 Å². The van der Waals surface area contributed by atoms with Crippen molar-refractivity contribution < 1.29 is 0 Å². The molecule has 0 bridgehead atoms. The zero-order chi connectivity index (χ0) is 12.4. The molecule has 6 heteroatoms. The van der Waals surface area contributed by atoms with Crippen molar-refractivity contribution in [2.45, 2.75) is 20.4 Å². The van der Waals surface area contributed by atoms with Crippen LogP contribution in [0.4, 0.5) is 5.69 Å². The van der Waals surface area contributed by atoms with Gasteiger partial charge in [0.05, 0.1) is 12.2 Å². The van der Waals surface area contributed by atoms with Gasteiger partial charge < -0.3 is 5.32 Å². The largest absolute Gasteiger partial charge is 0.376 e. The fourth-order valence-corrected chi connectivity index (χ4v) is 2.77. The Morgan fingerprint density at radius 1 is 1.29 bits per heavy atom. The number of rotatable bonds is 3. The summed E-state index contributed by atoms with van der Waals surface area (Å²) in [5.74, 6) is 0. The van der Waals surface area contributed by atoms with E-state index in [9.17, 15) is 0 Å². The van der Waals surface area contributed by atoms with Gasteiger partial charge in [0.25, 0.3) is 0 Å². The van der Waals surface area contributed by atoms with Crippen molar-refractivity contribution in [1.29, 1.82) is 0 Å². The predicted octanol–water partition coefficient (Wildman–Crippen LogP) is 4.07. The SMILES string of the molecule is Cc1csc(CNc2c(C)cc(Cl)nc2Cl)n1. The van der Waals surface area contributed by atoms with Crippen LogP contribution in [0.3, 0.4) is 0 Å². The number of aromatic nitrogens is 2. The van der Waals surface area contributed by atoms with Gasteiger partial charge in [-0.05, 0) is 25.5 Å². The highest BCUT2D eigenvalue weighted by atomic mass is 35.5. The van der Waals surface area contributed by atoms with Crippen LogP contribution < -0.4 is 5.32 Å². The molecule has 2 heterocycles. The number of aryl methyl sites for hydroxylation is 2. The van der Waals surface area contributed by atoms with Crippen LogP contribution in [0.25, 0.3) is 0 Å². The highest BCUT2D eigenvalue weighted by Crippen LogP contribution is 2.27. The lowest BCUT2D eigenvalue weighted by Crippen LogP contribution is -2.02. The molecule has 0 aliphatic heterocycles. The molecule has 17 heavy (non-hydrogen) atoms. The molecular weight excluding hydrogens is 277 g/mol. The van der Waals surface area contributed by atoms with Gasteiger partial charge in [0.15, 0.2) is 5.15 Å². The molecule has 0 radical (unpaired) electrons. The first-order valence-corrected chi connectivity index (χ1v) is 6.67. The molecular formula is C11H11Cl2N3S. The van der Waals surface area contributed by atoms with Crippen LogP contribution >= 0.6 is 34.5 Å². The lowest BCUT2D eigenvalue weighted by Gasteiger charge is -2.09. The number of pyridine rings is 1. The Morgan fingerprint density at radius 3 is 2.65 bits per heavy atom. The molecule has 3 nitrogen and oxygen atoms in total. The van der Waals surface area contributed by atoms with Crippen LogP contribution in [0.1, 0.15) is 16.3 Å². The minimum atomic E-state index is 0.392. The fourth-order valence-electron chi connectivity index (χ4n) is 1.46. The van der Waals surface area contributed by atoms with Crippen molar-refractivity contribution in [3.63, 3.8) is 0 Å². The topological polar surface area (TPSA) is 37.8 Å². The molecule has 0 atom stereocenters. The summed E-state index contributed by atoms with van der Waals surface area (Å²) in [5.41, 5.74) is 2.82. The Balaban J connectivity index is 2.14. The third-order valence-corrected chi connectivity index (χ3v) is 3.66. The number of nitrogens with one attached hydrogen (secondary N) is 1. The molecule has 0 unspecified atom stereocenters. The molecule has 0 saturated carbocycles. The van der Waals surface area contributed by atoms with E-state index in [2.05, 4.69) is 15.3 Å². The maximum absolute atomic E-state index is 6.03. The number of hydrogen-bond acceptors (Lipinski definition) is 4. The second kappa shape index (κ2) is 5.21. The first-order chi connectivity index (χ1) is 8.06. The molecule has 1 N–H and O–H groups in total. The van der Waals surface area contributed by atoms with E-state index in [1.54, 1.807) is 17.4 Å². The normalized spacial score (nSPS) is 10.6. The Bertz CT molecular complexity index is 516. The van der Waals surface area contributed by atoms with E-state index in [0.717, 1.165) is 22.0 Å². The van der Waals surface area contributed by atoms with E-state index in [0.29, 0.717) is 16.9 Å². The van der Waals surface area contributed by atoms with Crippen LogP contribution in [0.15, 0.2) is 11.4 Å². The Hall–Kier alpha value is -0.840. The summed E-state index contributed by atoms with van der Waals surface area (Å²) in [6, 6.07) is 1.78. The second-order valence-corrected chi connectivity index (χ2v) is 5.35. The number of halogens is 2. The number of hydrogen-bond donors (Lipinski definition) is 1. The van der Waals surface area contributed by atoms with Gasteiger partial charge >= 0.3 is 0 Å². The summed E-state index contributed by atoms with van der Waals surface area (Å²) >= 11 is 13.5. The minimum Gasteiger partial charge on any atom is -0.376 e. The van der Waals surface area contributed by atoms with Crippen LogP contribution in [-0.2, 0) is 6.54 Å². The zero-order valence-electron chi connectivity index (χ0n) is 9.42. The third-order valence-electron chi connectivity index (χ3n) is 2.22. The summed E-state index contributed by atoms with van der Waals surface area (Å²) in [6.07, 6.45) is 0. The zero-order valence-corrected chi connectivity index (χ0v) is 11.7. The van der Waals surface area contributed by atoms with Gasteiger partial charge in [-0.3, -0.25) is 0 Å². The van der Waals surface area contributed by atoms with E-state index in [4.69, 9.17) is 23.2 Å². The van der Waals surface area contributed by atoms with Crippen LogP contribution in [0.2, 0.25) is 10.3 Å². The average molecular weight is 288 g/mol. The monoisotopic (exact) mass is 287 g/mol. The van der Waals surface area contributed by atoms with Crippen molar-refractivity contribution in [3.05, 3.63) is 38.0 Å². The molecule has 0 aliphatic rings. The standard InChI is InChI=1S/C11H11Cl2N3S/c1-6-3-8(12)16-11(13)10(6)14-4-9-15-7(2)5-17-9/h3,5,14H,4H2,1-2H3. The molecule has 2 rings (SSSR count). The van der Waals surface area contributed by atoms with E-state index in [1.165, 1.54) is 0 Å². The molecule has 0 fully saturated rings. The number of thiazole rings is 1. The Labute approximate surface area is 114 Å². The van der Waals surface area contributed by atoms with Gasteiger partial charge in [-0.15, -0.1) is 11.3 Å². The minimum absolute atomic E-state index is 0.392. The number of nitrogens with zero attached hydrogens (tertiary/aromatic N) is 2. The lowest BCUT2D eigenvalue weighted by atomic mass is 10.2. The third kappa shape index (κ3) is 3.09. The summed E-state index contributed by atoms with van der Waals surface area (Å²) in [7, 11) is 0. The van der Waals surface area contributed by atoms with Gasteiger partial charge in [0, 0.05) is 11.1 Å². The highest BCUT2D eigenvalue weighted by molar-refractivity contribution is 7.09. The summed E-state index contributed by atoms with van der Waals surface area (Å²) in [4.78, 5) is 8.37. The van der Waals surface area contributed by atoms with Gasteiger partial charge in [-0.1, -0.05) is 23.2 Å². The smallest absolute Gasteiger partial charge is 0.154 e. The molecule has 0 amide bonds. The highest BCUT2D eigenvalue weighted by Gasteiger charge is 2.08. The van der Waals surface area contributed by atoms with E-state index in [1.807, 2.05) is 19.2 Å². The number of anilines is 1. The summed E-state index contributed by atoms with van der Waals surface area (Å²) in [5, 5.41) is 7.07.